The largest absolute Gasteiger partial charge is 0.347 e. The van der Waals surface area contributed by atoms with E-state index in [4.69, 9.17) is 0 Å². The molecule has 0 spiro atoms. The third-order valence-corrected chi connectivity index (χ3v) is 4.16. The fraction of sp³-hybridized carbons (Fsp3) is 0.500. The summed E-state index contributed by atoms with van der Waals surface area (Å²) in [6.45, 7) is 4.67. The topological polar surface area (TPSA) is 59.8 Å². The van der Waals surface area contributed by atoms with Gasteiger partial charge < -0.3 is 5.32 Å². The van der Waals surface area contributed by atoms with Crippen LogP contribution in [-0.2, 0) is 17.8 Å². The number of aromatic nitrogens is 3. The molecule has 1 saturated carbocycles. The average molecular weight is 312 g/mol. The van der Waals surface area contributed by atoms with Crippen LogP contribution in [0.2, 0.25) is 0 Å². The van der Waals surface area contributed by atoms with E-state index in [0.29, 0.717) is 11.8 Å². The number of benzene rings is 1. The van der Waals surface area contributed by atoms with Crippen molar-refractivity contribution in [3.05, 3.63) is 48.0 Å². The summed E-state index contributed by atoms with van der Waals surface area (Å²) in [7, 11) is 0. The zero-order valence-electron chi connectivity index (χ0n) is 13.8. The highest BCUT2D eigenvalue weighted by molar-refractivity contribution is 5.76. The normalized spacial score (nSPS) is 15.6. The summed E-state index contributed by atoms with van der Waals surface area (Å²) in [6, 6.07) is 8.81. The van der Waals surface area contributed by atoms with Crippen LogP contribution in [0.4, 0.5) is 0 Å². The number of nitrogens with one attached hydrogen (secondary N) is 1. The number of hydrogen-bond donors (Lipinski definition) is 1. The predicted molar refractivity (Wildman–Crippen MR) is 88.6 cm³/mol. The van der Waals surface area contributed by atoms with Crippen LogP contribution >= 0.6 is 0 Å². The first-order chi connectivity index (χ1) is 11.1. The van der Waals surface area contributed by atoms with Gasteiger partial charge in [-0.15, -0.1) is 0 Å². The molecule has 0 saturated heterocycles. The Labute approximate surface area is 137 Å². The molecule has 1 N–H and O–H groups in total. The summed E-state index contributed by atoms with van der Waals surface area (Å²) in [5.74, 6) is 1.20. The lowest BCUT2D eigenvalue weighted by Gasteiger charge is -2.19. The van der Waals surface area contributed by atoms with Crippen LogP contribution < -0.4 is 5.32 Å². The predicted octanol–water partition coefficient (Wildman–Crippen LogP) is 2.74. The summed E-state index contributed by atoms with van der Waals surface area (Å²) in [5.41, 5.74) is 2.55. The Bertz CT molecular complexity index is 630. The maximum atomic E-state index is 12.2. The number of carbonyl (C=O) groups excluding carboxylic acids is 1. The third-order valence-electron chi connectivity index (χ3n) is 4.16. The van der Waals surface area contributed by atoms with Gasteiger partial charge in [-0.25, -0.2) is 9.67 Å². The average Bonchev–Trinajstić information content (AvgIpc) is 3.23. The van der Waals surface area contributed by atoms with Crippen LogP contribution in [0.3, 0.4) is 0 Å². The van der Waals surface area contributed by atoms with E-state index >= 15 is 0 Å². The van der Waals surface area contributed by atoms with Crippen LogP contribution in [0, 0.1) is 11.8 Å². The lowest BCUT2D eigenvalue weighted by Crippen LogP contribution is -2.32. The van der Waals surface area contributed by atoms with E-state index in [2.05, 4.69) is 53.5 Å². The van der Waals surface area contributed by atoms with E-state index in [1.54, 1.807) is 11.0 Å². The number of hydrogen-bond acceptors (Lipinski definition) is 3. The summed E-state index contributed by atoms with van der Waals surface area (Å²) in [5, 5.41) is 7.15. The second kappa shape index (κ2) is 6.94. The number of amides is 1. The van der Waals surface area contributed by atoms with Crippen LogP contribution in [-0.4, -0.2) is 20.7 Å². The number of carbonyl (C=O) groups is 1. The van der Waals surface area contributed by atoms with Crippen molar-refractivity contribution in [3.8, 4) is 0 Å². The molecule has 1 aliphatic carbocycles. The molecule has 122 valence electrons. The minimum Gasteiger partial charge on any atom is -0.347 e. The monoisotopic (exact) mass is 312 g/mol. The van der Waals surface area contributed by atoms with Crippen molar-refractivity contribution in [2.24, 2.45) is 11.8 Å². The molecule has 0 bridgehead atoms. The lowest BCUT2D eigenvalue weighted by atomic mass is 9.97. The zero-order chi connectivity index (χ0) is 16.2. The minimum atomic E-state index is -0.0151. The summed E-state index contributed by atoms with van der Waals surface area (Å²) in [4.78, 5) is 16.1. The van der Waals surface area contributed by atoms with Gasteiger partial charge in [-0.3, -0.25) is 4.79 Å². The van der Waals surface area contributed by atoms with Gasteiger partial charge in [0.15, 0.2) is 0 Å². The Morgan fingerprint density at radius 2 is 2.04 bits per heavy atom. The fourth-order valence-electron chi connectivity index (χ4n) is 2.92. The second-order valence-corrected chi connectivity index (χ2v) is 6.82. The Balaban J connectivity index is 1.65. The Kier molecular flexibility index (Phi) is 4.74. The highest BCUT2D eigenvalue weighted by Gasteiger charge is 2.33. The van der Waals surface area contributed by atoms with E-state index in [9.17, 15) is 4.79 Å². The van der Waals surface area contributed by atoms with Gasteiger partial charge in [0.1, 0.15) is 19.2 Å². The summed E-state index contributed by atoms with van der Waals surface area (Å²) in [6.07, 6.45) is 6.46. The van der Waals surface area contributed by atoms with Gasteiger partial charge >= 0.3 is 0 Å². The van der Waals surface area contributed by atoms with Gasteiger partial charge in [0, 0.05) is 0 Å². The first-order valence-corrected chi connectivity index (χ1v) is 8.32. The SMILES string of the molecule is CC(C)Cc1ccc([C@@H](NC(=O)Cn2cncn2)C2CC2)cc1. The minimum absolute atomic E-state index is 0.0151. The Morgan fingerprint density at radius 1 is 1.30 bits per heavy atom. The molecule has 1 amide bonds. The van der Waals surface area contributed by atoms with Gasteiger partial charge in [0.05, 0.1) is 6.04 Å². The smallest absolute Gasteiger partial charge is 0.242 e. The highest BCUT2D eigenvalue weighted by atomic mass is 16.2. The standard InChI is InChI=1S/C18H24N4O/c1-13(2)9-14-3-5-15(6-4-14)18(16-7-8-16)21-17(23)10-22-12-19-11-20-22/h3-6,11-13,16,18H,7-10H2,1-2H3,(H,21,23)/t18-/m1/s1. The molecule has 1 aromatic carbocycles. The van der Waals surface area contributed by atoms with E-state index in [1.165, 1.54) is 30.3 Å². The Hall–Kier alpha value is -2.17. The first kappa shape index (κ1) is 15.7. The van der Waals surface area contributed by atoms with Crippen LogP contribution in [0.15, 0.2) is 36.9 Å². The van der Waals surface area contributed by atoms with Crippen LogP contribution in [0.25, 0.3) is 0 Å². The van der Waals surface area contributed by atoms with Gasteiger partial charge in [-0.05, 0) is 42.2 Å². The van der Waals surface area contributed by atoms with Gasteiger partial charge in [-0.2, -0.15) is 5.10 Å². The molecular weight excluding hydrogens is 288 g/mol. The first-order valence-electron chi connectivity index (χ1n) is 8.32. The van der Waals surface area contributed by atoms with Crippen molar-refractivity contribution in [2.75, 3.05) is 0 Å². The number of rotatable bonds is 7. The molecule has 3 rings (SSSR count). The van der Waals surface area contributed by atoms with Gasteiger partial charge in [0.2, 0.25) is 5.91 Å². The van der Waals surface area contributed by atoms with Crippen molar-refractivity contribution in [2.45, 2.75) is 45.7 Å². The second-order valence-electron chi connectivity index (χ2n) is 6.82. The highest BCUT2D eigenvalue weighted by Crippen LogP contribution is 2.41. The number of nitrogens with zero attached hydrogens (tertiary/aromatic N) is 3. The molecule has 0 radical (unpaired) electrons. The molecule has 1 fully saturated rings. The van der Waals surface area contributed by atoms with E-state index in [1.807, 2.05) is 0 Å². The zero-order valence-corrected chi connectivity index (χ0v) is 13.8. The molecule has 1 heterocycles. The fourth-order valence-corrected chi connectivity index (χ4v) is 2.92. The lowest BCUT2D eigenvalue weighted by molar-refractivity contribution is -0.122. The summed E-state index contributed by atoms with van der Waals surface area (Å²) >= 11 is 0. The quantitative estimate of drug-likeness (QED) is 0.855. The van der Waals surface area contributed by atoms with Crippen molar-refractivity contribution in [3.63, 3.8) is 0 Å². The molecule has 1 atom stereocenters. The molecule has 0 aliphatic heterocycles. The Morgan fingerprint density at radius 3 is 2.61 bits per heavy atom. The van der Waals surface area contributed by atoms with Crippen molar-refractivity contribution in [1.29, 1.82) is 0 Å². The van der Waals surface area contributed by atoms with Crippen molar-refractivity contribution >= 4 is 5.91 Å². The molecule has 5 heteroatoms. The molecule has 1 aliphatic rings. The van der Waals surface area contributed by atoms with Crippen LogP contribution in [0.1, 0.15) is 43.9 Å². The van der Waals surface area contributed by atoms with E-state index in [-0.39, 0.29) is 18.5 Å². The van der Waals surface area contributed by atoms with Gasteiger partial charge in [-0.1, -0.05) is 38.1 Å². The molecule has 2 aromatic rings. The van der Waals surface area contributed by atoms with E-state index in [0.717, 1.165) is 6.42 Å². The molecule has 23 heavy (non-hydrogen) atoms. The molecule has 5 nitrogen and oxygen atoms in total. The van der Waals surface area contributed by atoms with Gasteiger partial charge in [0.25, 0.3) is 0 Å². The maximum Gasteiger partial charge on any atom is 0.242 e. The third kappa shape index (κ3) is 4.41. The molecular formula is C18H24N4O. The molecule has 1 aromatic heterocycles. The van der Waals surface area contributed by atoms with Crippen molar-refractivity contribution in [1.82, 2.24) is 20.1 Å². The van der Waals surface area contributed by atoms with Crippen molar-refractivity contribution < 1.29 is 4.79 Å². The molecule has 0 unspecified atom stereocenters. The maximum absolute atomic E-state index is 12.2. The summed E-state index contributed by atoms with van der Waals surface area (Å²) < 4.78 is 1.55. The van der Waals surface area contributed by atoms with E-state index < -0.39 is 0 Å². The van der Waals surface area contributed by atoms with Crippen LogP contribution in [0.5, 0.6) is 0 Å².